The summed E-state index contributed by atoms with van der Waals surface area (Å²) in [6.45, 7) is 1.96. The minimum absolute atomic E-state index is 0.415. The lowest BCUT2D eigenvalue weighted by Crippen LogP contribution is -2.31. The number of hydrogen-bond acceptors (Lipinski definition) is 3. The van der Waals surface area contributed by atoms with Crippen molar-refractivity contribution >= 4 is 11.3 Å². The maximum absolute atomic E-state index is 3.29. The second-order valence-electron chi connectivity index (χ2n) is 4.48. The van der Waals surface area contributed by atoms with E-state index in [9.17, 15) is 0 Å². The average Bonchev–Trinajstić information content (AvgIpc) is 2.89. The minimum Gasteiger partial charge on any atom is -0.318 e. The van der Waals surface area contributed by atoms with Crippen molar-refractivity contribution < 1.29 is 0 Å². The summed E-state index contributed by atoms with van der Waals surface area (Å²) in [6.07, 6.45) is 0. The molecule has 2 rings (SSSR count). The molecule has 0 aliphatic heterocycles. The van der Waals surface area contributed by atoms with Gasteiger partial charge in [0, 0.05) is 24.0 Å². The maximum atomic E-state index is 3.29. The summed E-state index contributed by atoms with van der Waals surface area (Å²) in [4.78, 5) is 3.81. The predicted molar refractivity (Wildman–Crippen MR) is 78.9 cm³/mol. The van der Waals surface area contributed by atoms with Crippen molar-refractivity contribution in [1.29, 1.82) is 0 Å². The Bertz CT molecular complexity index is 439. The zero-order chi connectivity index (χ0) is 12.8. The second-order valence-corrected chi connectivity index (χ2v) is 5.51. The first kappa shape index (κ1) is 13.3. The normalized spacial score (nSPS) is 12.8. The highest BCUT2D eigenvalue weighted by Crippen LogP contribution is 2.21. The zero-order valence-corrected chi connectivity index (χ0v) is 11.8. The van der Waals surface area contributed by atoms with Crippen molar-refractivity contribution in [3.63, 3.8) is 0 Å². The van der Waals surface area contributed by atoms with Gasteiger partial charge >= 0.3 is 0 Å². The smallest absolute Gasteiger partial charge is 0.0473 e. The number of nitrogens with one attached hydrogen (secondary N) is 1. The topological polar surface area (TPSA) is 15.3 Å². The molecule has 0 bridgehead atoms. The monoisotopic (exact) mass is 260 g/mol. The Kier molecular flexibility index (Phi) is 4.93. The fourth-order valence-corrected chi connectivity index (χ4v) is 2.92. The van der Waals surface area contributed by atoms with E-state index >= 15 is 0 Å². The quantitative estimate of drug-likeness (QED) is 0.858. The molecule has 1 aromatic heterocycles. The van der Waals surface area contributed by atoms with Gasteiger partial charge in [-0.05, 0) is 31.1 Å². The van der Waals surface area contributed by atoms with Crippen LogP contribution in [0.25, 0.3) is 0 Å². The van der Waals surface area contributed by atoms with Crippen LogP contribution in [0.3, 0.4) is 0 Å². The van der Waals surface area contributed by atoms with E-state index < -0.39 is 0 Å². The summed E-state index contributed by atoms with van der Waals surface area (Å²) in [5.41, 5.74) is 1.37. The molecule has 18 heavy (non-hydrogen) atoms. The van der Waals surface area contributed by atoms with Gasteiger partial charge in [-0.1, -0.05) is 36.4 Å². The molecule has 1 unspecified atom stereocenters. The van der Waals surface area contributed by atoms with Crippen molar-refractivity contribution in [2.75, 3.05) is 20.6 Å². The Hall–Kier alpha value is -1.16. The van der Waals surface area contributed by atoms with Gasteiger partial charge in [0.25, 0.3) is 0 Å². The van der Waals surface area contributed by atoms with E-state index in [4.69, 9.17) is 0 Å². The molecule has 0 aliphatic rings. The third-order valence-electron chi connectivity index (χ3n) is 3.10. The minimum atomic E-state index is 0.415. The number of hydrogen-bond donors (Lipinski definition) is 1. The van der Waals surface area contributed by atoms with Crippen LogP contribution in [0.5, 0.6) is 0 Å². The maximum Gasteiger partial charge on any atom is 0.0473 e. The standard InChI is InChI=1S/C15H20N2S/c1-16-11-15(13-7-4-3-5-8-13)17(2)12-14-9-6-10-18-14/h3-10,15-16H,11-12H2,1-2H3. The van der Waals surface area contributed by atoms with Crippen LogP contribution in [0.4, 0.5) is 0 Å². The first-order chi connectivity index (χ1) is 8.81. The highest BCUT2D eigenvalue weighted by molar-refractivity contribution is 7.09. The van der Waals surface area contributed by atoms with E-state index in [1.54, 1.807) is 0 Å². The van der Waals surface area contributed by atoms with Crippen LogP contribution < -0.4 is 5.32 Å². The summed E-state index contributed by atoms with van der Waals surface area (Å²) < 4.78 is 0. The molecule has 0 spiro atoms. The van der Waals surface area contributed by atoms with Gasteiger partial charge in [-0.3, -0.25) is 4.90 Å². The third-order valence-corrected chi connectivity index (χ3v) is 3.96. The van der Waals surface area contributed by atoms with Crippen LogP contribution in [0, 0.1) is 0 Å². The number of benzene rings is 1. The number of likely N-dealkylation sites (N-methyl/N-ethyl adjacent to an activating group) is 2. The van der Waals surface area contributed by atoms with Gasteiger partial charge in [0.1, 0.15) is 0 Å². The number of rotatable bonds is 6. The molecule has 0 radical (unpaired) electrons. The molecule has 0 fully saturated rings. The van der Waals surface area contributed by atoms with Crippen LogP contribution in [0.15, 0.2) is 47.8 Å². The molecule has 1 aromatic carbocycles. The second kappa shape index (κ2) is 6.69. The Balaban J connectivity index is 2.09. The third kappa shape index (κ3) is 3.42. The highest BCUT2D eigenvalue weighted by atomic mass is 32.1. The summed E-state index contributed by atoms with van der Waals surface area (Å²) in [7, 11) is 4.20. The Morgan fingerprint density at radius 3 is 2.56 bits per heavy atom. The summed E-state index contributed by atoms with van der Waals surface area (Å²) in [5.74, 6) is 0. The number of thiophene rings is 1. The molecule has 1 atom stereocenters. The molecule has 3 heteroatoms. The van der Waals surface area contributed by atoms with Crippen molar-refractivity contribution in [3.05, 3.63) is 58.3 Å². The van der Waals surface area contributed by atoms with Crippen molar-refractivity contribution in [3.8, 4) is 0 Å². The van der Waals surface area contributed by atoms with Crippen LogP contribution in [0.1, 0.15) is 16.5 Å². The van der Waals surface area contributed by atoms with Gasteiger partial charge in [-0.25, -0.2) is 0 Å². The Labute approximate surface area is 113 Å². The first-order valence-electron chi connectivity index (χ1n) is 6.23. The fourth-order valence-electron chi connectivity index (χ4n) is 2.16. The first-order valence-corrected chi connectivity index (χ1v) is 7.11. The molecule has 96 valence electrons. The fraction of sp³-hybridized carbons (Fsp3) is 0.333. The van der Waals surface area contributed by atoms with E-state index in [2.05, 4.69) is 65.1 Å². The lowest BCUT2D eigenvalue weighted by Gasteiger charge is -2.28. The van der Waals surface area contributed by atoms with Crippen LogP contribution >= 0.6 is 11.3 Å². The summed E-state index contributed by atoms with van der Waals surface area (Å²) in [6, 6.07) is 15.4. The van der Waals surface area contributed by atoms with E-state index in [0.717, 1.165) is 13.1 Å². The van der Waals surface area contributed by atoms with Crippen LogP contribution in [-0.4, -0.2) is 25.5 Å². The summed E-state index contributed by atoms with van der Waals surface area (Å²) in [5, 5.41) is 5.43. The molecule has 0 saturated heterocycles. The molecule has 0 aliphatic carbocycles. The Morgan fingerprint density at radius 1 is 1.17 bits per heavy atom. The molecular weight excluding hydrogens is 240 g/mol. The van der Waals surface area contributed by atoms with E-state index in [1.807, 2.05) is 18.4 Å². The van der Waals surface area contributed by atoms with Gasteiger partial charge in [-0.2, -0.15) is 0 Å². The van der Waals surface area contributed by atoms with E-state index in [1.165, 1.54) is 10.4 Å². The van der Waals surface area contributed by atoms with E-state index in [-0.39, 0.29) is 0 Å². The zero-order valence-electron chi connectivity index (χ0n) is 11.0. The van der Waals surface area contributed by atoms with Crippen molar-refractivity contribution in [2.45, 2.75) is 12.6 Å². The summed E-state index contributed by atoms with van der Waals surface area (Å²) >= 11 is 1.82. The SMILES string of the molecule is CNCC(c1ccccc1)N(C)Cc1cccs1. The van der Waals surface area contributed by atoms with Crippen molar-refractivity contribution in [1.82, 2.24) is 10.2 Å². The molecule has 1 N–H and O–H groups in total. The largest absolute Gasteiger partial charge is 0.318 e. The number of nitrogens with zero attached hydrogens (tertiary/aromatic N) is 1. The molecule has 1 heterocycles. The highest BCUT2D eigenvalue weighted by Gasteiger charge is 2.16. The van der Waals surface area contributed by atoms with Crippen LogP contribution in [-0.2, 0) is 6.54 Å². The molecule has 2 nitrogen and oxygen atoms in total. The Morgan fingerprint density at radius 2 is 1.94 bits per heavy atom. The predicted octanol–water partition coefficient (Wildman–Crippen LogP) is 3.14. The van der Waals surface area contributed by atoms with Gasteiger partial charge in [0.05, 0.1) is 0 Å². The van der Waals surface area contributed by atoms with Crippen LogP contribution in [0.2, 0.25) is 0 Å². The molecular formula is C15H20N2S. The lowest BCUT2D eigenvalue weighted by molar-refractivity contribution is 0.235. The van der Waals surface area contributed by atoms with E-state index in [0.29, 0.717) is 6.04 Å². The average molecular weight is 260 g/mol. The van der Waals surface area contributed by atoms with Crippen molar-refractivity contribution in [2.24, 2.45) is 0 Å². The molecule has 2 aromatic rings. The molecule has 0 amide bonds. The van der Waals surface area contributed by atoms with Gasteiger partial charge in [-0.15, -0.1) is 11.3 Å². The van der Waals surface area contributed by atoms with Gasteiger partial charge in [0.2, 0.25) is 0 Å². The molecule has 0 saturated carbocycles. The lowest BCUT2D eigenvalue weighted by atomic mass is 10.1. The van der Waals surface area contributed by atoms with Gasteiger partial charge < -0.3 is 5.32 Å². The van der Waals surface area contributed by atoms with Gasteiger partial charge in [0.15, 0.2) is 0 Å².